The number of methoxy groups -OCH3 is 1. The predicted molar refractivity (Wildman–Crippen MR) is 95.3 cm³/mol. The lowest BCUT2D eigenvalue weighted by atomic mass is 10.2. The summed E-state index contributed by atoms with van der Waals surface area (Å²) >= 11 is 1.58. The van der Waals surface area contributed by atoms with E-state index in [1.54, 1.807) is 18.9 Å². The first-order valence-corrected chi connectivity index (χ1v) is 9.13. The quantitative estimate of drug-likeness (QED) is 0.572. The van der Waals surface area contributed by atoms with Crippen molar-refractivity contribution in [3.8, 4) is 17.1 Å². The lowest BCUT2D eigenvalue weighted by Gasteiger charge is -2.05. The Balaban J connectivity index is 1.70. The van der Waals surface area contributed by atoms with Crippen molar-refractivity contribution >= 4 is 11.8 Å². The summed E-state index contributed by atoms with van der Waals surface area (Å²) in [5, 5.41) is 21.4. The molecule has 2 heterocycles. The maximum absolute atomic E-state index is 5.19. The highest BCUT2D eigenvalue weighted by molar-refractivity contribution is 7.98. The zero-order chi connectivity index (χ0) is 17.6. The largest absolute Gasteiger partial charge is 0.497 e. The van der Waals surface area contributed by atoms with Crippen LogP contribution in [0, 0.1) is 0 Å². The van der Waals surface area contributed by atoms with Crippen LogP contribution in [0.3, 0.4) is 0 Å². The number of tetrazole rings is 1. The molecular formula is C16H21N7OS. The number of rotatable bonds is 8. The van der Waals surface area contributed by atoms with Crippen LogP contribution in [0.4, 0.5) is 0 Å². The first-order valence-electron chi connectivity index (χ1n) is 8.14. The van der Waals surface area contributed by atoms with E-state index in [1.807, 2.05) is 40.6 Å². The molecule has 3 rings (SSSR count). The van der Waals surface area contributed by atoms with E-state index in [4.69, 9.17) is 4.74 Å². The van der Waals surface area contributed by atoms with Gasteiger partial charge < -0.3 is 9.30 Å². The summed E-state index contributed by atoms with van der Waals surface area (Å²) in [7, 11) is 3.61. The van der Waals surface area contributed by atoms with Crippen LogP contribution in [0.2, 0.25) is 0 Å². The Labute approximate surface area is 150 Å². The van der Waals surface area contributed by atoms with Crippen molar-refractivity contribution in [1.29, 1.82) is 0 Å². The Bertz CT molecular complexity index is 812. The van der Waals surface area contributed by atoms with Crippen LogP contribution in [0.15, 0.2) is 29.4 Å². The van der Waals surface area contributed by atoms with Gasteiger partial charge in [0.05, 0.1) is 12.9 Å². The normalized spacial score (nSPS) is 11.0. The zero-order valence-electron chi connectivity index (χ0n) is 14.6. The summed E-state index contributed by atoms with van der Waals surface area (Å²) in [5.74, 6) is 3.15. The van der Waals surface area contributed by atoms with E-state index >= 15 is 0 Å². The summed E-state index contributed by atoms with van der Waals surface area (Å²) in [6.07, 6.45) is 2.18. The average molecular weight is 359 g/mol. The molecule has 0 aliphatic carbocycles. The smallest absolute Gasteiger partial charge is 0.191 e. The van der Waals surface area contributed by atoms with E-state index in [0.29, 0.717) is 5.75 Å². The van der Waals surface area contributed by atoms with E-state index in [9.17, 15) is 0 Å². The van der Waals surface area contributed by atoms with Gasteiger partial charge in [-0.1, -0.05) is 25.1 Å². The summed E-state index contributed by atoms with van der Waals surface area (Å²) in [4.78, 5) is 0. The Hall–Kier alpha value is -2.42. The number of thioether (sulfide) groups is 1. The van der Waals surface area contributed by atoms with Gasteiger partial charge in [-0.25, -0.2) is 4.68 Å². The van der Waals surface area contributed by atoms with Crippen molar-refractivity contribution in [3.05, 3.63) is 30.1 Å². The summed E-state index contributed by atoms with van der Waals surface area (Å²) in [6, 6.07) is 7.78. The molecule has 0 radical (unpaired) electrons. The number of unbranched alkanes of at least 4 members (excludes halogenated alkanes) is 1. The Kier molecular flexibility index (Phi) is 5.64. The second-order valence-corrected chi connectivity index (χ2v) is 6.50. The molecule has 0 atom stereocenters. The Morgan fingerprint density at radius 3 is 2.64 bits per heavy atom. The van der Waals surface area contributed by atoms with Crippen LogP contribution in [0.25, 0.3) is 11.4 Å². The summed E-state index contributed by atoms with van der Waals surface area (Å²) in [5.41, 5.74) is 0.996. The molecular weight excluding hydrogens is 338 g/mol. The van der Waals surface area contributed by atoms with Gasteiger partial charge in [-0.15, -0.1) is 15.3 Å². The van der Waals surface area contributed by atoms with Gasteiger partial charge in [-0.2, -0.15) is 0 Å². The van der Waals surface area contributed by atoms with Gasteiger partial charge in [-0.3, -0.25) is 0 Å². The molecule has 9 heteroatoms. The Morgan fingerprint density at radius 2 is 1.92 bits per heavy atom. The van der Waals surface area contributed by atoms with Crippen molar-refractivity contribution in [3.63, 3.8) is 0 Å². The standard InChI is InChI=1S/C16H21N7OS/c1-4-5-10-23-14(17-20-21-23)11-25-16-19-18-15(22(16)2)12-6-8-13(24-3)9-7-12/h6-9H,4-5,10-11H2,1-3H3. The van der Waals surface area contributed by atoms with Gasteiger partial charge in [0.25, 0.3) is 0 Å². The monoisotopic (exact) mass is 359 g/mol. The minimum Gasteiger partial charge on any atom is -0.497 e. The molecule has 3 aromatic rings. The number of ether oxygens (including phenoxy) is 1. The fourth-order valence-corrected chi connectivity index (χ4v) is 3.21. The number of benzene rings is 1. The number of aromatic nitrogens is 7. The Morgan fingerprint density at radius 1 is 1.12 bits per heavy atom. The van der Waals surface area contributed by atoms with Crippen LogP contribution in [0.1, 0.15) is 25.6 Å². The number of aryl methyl sites for hydroxylation is 1. The lowest BCUT2D eigenvalue weighted by Crippen LogP contribution is -2.05. The topological polar surface area (TPSA) is 83.5 Å². The molecule has 0 unspecified atom stereocenters. The summed E-state index contributed by atoms with van der Waals surface area (Å²) < 4.78 is 9.03. The van der Waals surface area contributed by atoms with E-state index in [2.05, 4.69) is 32.6 Å². The predicted octanol–water partition coefficient (Wildman–Crippen LogP) is 2.57. The molecule has 0 bridgehead atoms. The van der Waals surface area contributed by atoms with Gasteiger partial charge in [-0.05, 0) is 41.1 Å². The van der Waals surface area contributed by atoms with Gasteiger partial charge in [0.15, 0.2) is 16.8 Å². The van der Waals surface area contributed by atoms with Crippen molar-refractivity contribution in [2.75, 3.05) is 7.11 Å². The molecule has 0 saturated heterocycles. The SMILES string of the molecule is CCCCn1nnnc1CSc1nnc(-c2ccc(OC)cc2)n1C. The molecule has 0 amide bonds. The molecule has 1 aromatic carbocycles. The molecule has 2 aromatic heterocycles. The molecule has 8 nitrogen and oxygen atoms in total. The molecule has 0 aliphatic rings. The van der Waals surface area contributed by atoms with Gasteiger partial charge in [0.2, 0.25) is 0 Å². The van der Waals surface area contributed by atoms with Crippen molar-refractivity contribution in [1.82, 2.24) is 35.0 Å². The molecule has 0 saturated carbocycles. The molecule has 0 N–H and O–H groups in total. The van der Waals surface area contributed by atoms with Crippen LogP contribution in [-0.4, -0.2) is 42.1 Å². The summed E-state index contributed by atoms with van der Waals surface area (Å²) in [6.45, 7) is 2.99. The van der Waals surface area contributed by atoms with E-state index in [0.717, 1.165) is 47.5 Å². The molecule has 0 spiro atoms. The van der Waals surface area contributed by atoms with Crippen molar-refractivity contribution in [2.45, 2.75) is 37.2 Å². The van der Waals surface area contributed by atoms with E-state index in [-0.39, 0.29) is 0 Å². The van der Waals surface area contributed by atoms with Gasteiger partial charge >= 0.3 is 0 Å². The second-order valence-electron chi connectivity index (χ2n) is 5.55. The zero-order valence-corrected chi connectivity index (χ0v) is 15.4. The number of hydrogen-bond acceptors (Lipinski definition) is 7. The first-order chi connectivity index (χ1) is 12.2. The first kappa shape index (κ1) is 17.4. The maximum atomic E-state index is 5.19. The third-order valence-corrected chi connectivity index (χ3v) is 4.86. The second kappa shape index (κ2) is 8.11. The van der Waals surface area contributed by atoms with Gasteiger partial charge in [0, 0.05) is 19.2 Å². The molecule has 0 fully saturated rings. The van der Waals surface area contributed by atoms with Crippen LogP contribution in [-0.2, 0) is 19.3 Å². The third kappa shape index (κ3) is 3.98. The van der Waals surface area contributed by atoms with Crippen LogP contribution < -0.4 is 4.74 Å². The average Bonchev–Trinajstić information content (AvgIpc) is 3.24. The van der Waals surface area contributed by atoms with Crippen LogP contribution in [0.5, 0.6) is 5.75 Å². The highest BCUT2D eigenvalue weighted by Crippen LogP contribution is 2.25. The van der Waals surface area contributed by atoms with E-state index in [1.165, 1.54) is 0 Å². The van der Waals surface area contributed by atoms with Crippen molar-refractivity contribution < 1.29 is 4.74 Å². The number of nitrogens with zero attached hydrogens (tertiary/aromatic N) is 7. The van der Waals surface area contributed by atoms with Crippen LogP contribution >= 0.6 is 11.8 Å². The minimum atomic E-state index is 0.658. The highest BCUT2D eigenvalue weighted by atomic mass is 32.2. The number of hydrogen-bond donors (Lipinski definition) is 0. The fraction of sp³-hybridized carbons (Fsp3) is 0.438. The molecule has 0 aliphatic heterocycles. The molecule has 132 valence electrons. The van der Waals surface area contributed by atoms with Crippen molar-refractivity contribution in [2.24, 2.45) is 7.05 Å². The lowest BCUT2D eigenvalue weighted by molar-refractivity contribution is 0.415. The maximum Gasteiger partial charge on any atom is 0.191 e. The highest BCUT2D eigenvalue weighted by Gasteiger charge is 2.13. The third-order valence-electron chi connectivity index (χ3n) is 3.84. The fourth-order valence-electron chi connectivity index (χ4n) is 2.37. The van der Waals surface area contributed by atoms with Gasteiger partial charge in [0.1, 0.15) is 5.75 Å². The molecule has 25 heavy (non-hydrogen) atoms. The minimum absolute atomic E-state index is 0.658. The van der Waals surface area contributed by atoms with E-state index < -0.39 is 0 Å².